The Morgan fingerprint density at radius 2 is 1.43 bits per heavy atom. The predicted octanol–water partition coefficient (Wildman–Crippen LogP) is 4.45. The molecule has 2 aromatic carbocycles. The quantitative estimate of drug-likeness (QED) is 0.102. The predicted molar refractivity (Wildman–Crippen MR) is 163 cm³/mol. The number of guanidine groups is 1. The van der Waals surface area contributed by atoms with Crippen molar-refractivity contribution in [2.24, 2.45) is 16.5 Å². The number of rotatable bonds is 21. The van der Waals surface area contributed by atoms with E-state index in [0.29, 0.717) is 94.3 Å². The van der Waals surface area contributed by atoms with E-state index in [2.05, 4.69) is 15.0 Å². The number of nitrogens with zero attached hydrogens (tertiary/aromatic N) is 3. The van der Waals surface area contributed by atoms with E-state index in [-0.39, 0.29) is 17.7 Å². The molecule has 0 aliphatic carbocycles. The van der Waals surface area contributed by atoms with Crippen LogP contribution in [0.1, 0.15) is 32.6 Å². The lowest BCUT2D eigenvalue weighted by Gasteiger charge is -2.10. The molecule has 1 heterocycles. The Labute approximate surface area is 251 Å². The van der Waals surface area contributed by atoms with Crippen molar-refractivity contribution in [1.82, 2.24) is 9.97 Å². The van der Waals surface area contributed by atoms with Gasteiger partial charge in [0.1, 0.15) is 18.1 Å². The van der Waals surface area contributed by atoms with Crippen LogP contribution in [0.2, 0.25) is 5.02 Å². The molecule has 0 saturated carbocycles. The third-order valence-corrected chi connectivity index (χ3v) is 6.17. The summed E-state index contributed by atoms with van der Waals surface area (Å²) in [5.41, 5.74) is 13.2. The number of halogens is 1. The summed E-state index contributed by atoms with van der Waals surface area (Å²) in [4.78, 5) is 24.7. The van der Waals surface area contributed by atoms with Gasteiger partial charge in [0.05, 0.1) is 44.2 Å². The molecule has 0 radical (unpaired) electrons. The number of hydrogen-bond acceptors (Lipinski definition) is 9. The third-order valence-electron chi connectivity index (χ3n) is 5.94. The molecule has 3 aromatic rings. The van der Waals surface area contributed by atoms with Gasteiger partial charge in [0.15, 0.2) is 5.96 Å². The fourth-order valence-electron chi connectivity index (χ4n) is 3.96. The van der Waals surface area contributed by atoms with Crippen LogP contribution in [0.3, 0.4) is 0 Å². The van der Waals surface area contributed by atoms with Crippen LogP contribution in [-0.4, -0.2) is 81.2 Å². The lowest BCUT2D eigenvalue weighted by Crippen LogP contribution is -2.22. The smallest absolute Gasteiger partial charge is 0.253 e. The lowest BCUT2D eigenvalue weighted by molar-refractivity contribution is -0.119. The van der Waals surface area contributed by atoms with Crippen molar-refractivity contribution in [2.75, 3.05) is 59.5 Å². The van der Waals surface area contributed by atoms with Gasteiger partial charge in [-0.15, -0.1) is 0 Å². The van der Waals surface area contributed by atoms with Gasteiger partial charge in [0.2, 0.25) is 0 Å². The normalized spacial score (nSPS) is 11.1. The minimum absolute atomic E-state index is 0.123. The second-order valence-corrected chi connectivity index (χ2v) is 9.66. The van der Waals surface area contributed by atoms with E-state index in [4.69, 9.17) is 46.8 Å². The minimum Gasteiger partial charge on any atom is -0.491 e. The molecule has 0 amide bonds. The number of ketones is 1. The first-order valence-corrected chi connectivity index (χ1v) is 14.5. The van der Waals surface area contributed by atoms with Crippen LogP contribution in [0.25, 0.3) is 22.2 Å². The van der Waals surface area contributed by atoms with Crippen molar-refractivity contribution in [3.63, 3.8) is 0 Å². The highest BCUT2D eigenvalue weighted by molar-refractivity contribution is 6.31. The summed E-state index contributed by atoms with van der Waals surface area (Å²) in [6, 6.07) is 12.9. The highest BCUT2D eigenvalue weighted by Crippen LogP contribution is 2.31. The molecule has 0 aliphatic heterocycles. The molecule has 0 fully saturated rings. The molecule has 11 nitrogen and oxygen atoms in total. The molecule has 12 heteroatoms. The Morgan fingerprint density at radius 3 is 2.07 bits per heavy atom. The van der Waals surface area contributed by atoms with Crippen LogP contribution < -0.4 is 16.2 Å². The van der Waals surface area contributed by atoms with Gasteiger partial charge in [-0.3, -0.25) is 4.79 Å². The Morgan fingerprint density at radius 1 is 0.810 bits per heavy atom. The average molecular weight is 602 g/mol. The first kappa shape index (κ1) is 33.2. The van der Waals surface area contributed by atoms with Crippen LogP contribution in [0.4, 0.5) is 5.95 Å². The molecular formula is C30H40ClN5O6. The topological polar surface area (TPSA) is 153 Å². The molecule has 228 valence electrons. The van der Waals surface area contributed by atoms with Gasteiger partial charge in [0, 0.05) is 48.6 Å². The number of carbonyl (C=O) groups excluding carboxylic acids is 1. The summed E-state index contributed by atoms with van der Waals surface area (Å²) < 4.78 is 27.6. The fourth-order valence-corrected chi connectivity index (χ4v) is 4.13. The standard InChI is InChI=1S/C30H40ClN5O6/c1-2-38-13-3-5-24(37)6-4-14-39-15-16-40-17-18-41-19-20-42-25-10-7-22(8-11-25)28-26-21-23(31)9-12-27(26)34-30(35-28)36-29(32)33/h7-12,21H,2-6,13-20H2,1H3,(H4,32,33,34,35,36). The summed E-state index contributed by atoms with van der Waals surface area (Å²) >= 11 is 6.22. The SMILES string of the molecule is CCOCCCC(=O)CCCOCCOCCOCCOc1ccc(-c2nc(N=C(N)N)nc3ccc(Cl)cc23)cc1. The van der Waals surface area contributed by atoms with Crippen LogP contribution in [-0.2, 0) is 23.7 Å². The van der Waals surface area contributed by atoms with Crippen molar-refractivity contribution >= 4 is 40.2 Å². The first-order valence-electron chi connectivity index (χ1n) is 14.1. The maximum absolute atomic E-state index is 11.7. The molecule has 0 atom stereocenters. The summed E-state index contributed by atoms with van der Waals surface area (Å²) in [6.45, 7) is 6.56. The van der Waals surface area contributed by atoms with E-state index in [1.165, 1.54) is 0 Å². The van der Waals surface area contributed by atoms with Gasteiger partial charge in [-0.1, -0.05) is 11.6 Å². The zero-order valence-corrected chi connectivity index (χ0v) is 24.8. The van der Waals surface area contributed by atoms with E-state index in [1.807, 2.05) is 37.3 Å². The molecule has 0 unspecified atom stereocenters. The average Bonchev–Trinajstić information content (AvgIpc) is 2.97. The monoisotopic (exact) mass is 601 g/mol. The Balaban J connectivity index is 1.28. The molecule has 1 aromatic heterocycles. The van der Waals surface area contributed by atoms with Gasteiger partial charge in [-0.2, -0.15) is 4.99 Å². The summed E-state index contributed by atoms with van der Waals surface area (Å²) in [5, 5.41) is 1.36. The number of hydrogen-bond donors (Lipinski definition) is 2. The Bertz CT molecular complexity index is 1270. The molecule has 42 heavy (non-hydrogen) atoms. The van der Waals surface area contributed by atoms with E-state index < -0.39 is 0 Å². The molecule has 0 spiro atoms. The van der Waals surface area contributed by atoms with Crippen molar-refractivity contribution in [3.8, 4) is 17.0 Å². The molecule has 0 saturated heterocycles. The number of aromatic nitrogens is 2. The highest BCUT2D eigenvalue weighted by Gasteiger charge is 2.11. The van der Waals surface area contributed by atoms with Gasteiger partial charge in [-0.05, 0) is 62.2 Å². The molecule has 3 rings (SSSR count). The summed E-state index contributed by atoms with van der Waals surface area (Å²) in [7, 11) is 0. The van der Waals surface area contributed by atoms with Crippen LogP contribution in [0, 0.1) is 0 Å². The zero-order valence-electron chi connectivity index (χ0n) is 24.1. The molecular weight excluding hydrogens is 562 g/mol. The van der Waals surface area contributed by atoms with Gasteiger partial charge < -0.3 is 35.2 Å². The number of fused-ring (bicyclic) bond motifs is 1. The number of aliphatic imine (C=N–C) groups is 1. The molecule has 4 N–H and O–H groups in total. The number of Topliss-reactive ketones (excluding diaryl/α,β-unsaturated/α-hetero) is 1. The van der Waals surface area contributed by atoms with Crippen molar-refractivity contribution in [1.29, 1.82) is 0 Å². The van der Waals surface area contributed by atoms with Crippen molar-refractivity contribution in [3.05, 3.63) is 47.5 Å². The Hall–Kier alpha value is -3.35. The maximum atomic E-state index is 11.7. The summed E-state index contributed by atoms with van der Waals surface area (Å²) in [5.74, 6) is 1.00. The summed E-state index contributed by atoms with van der Waals surface area (Å²) in [6.07, 6.45) is 2.63. The largest absolute Gasteiger partial charge is 0.491 e. The fraction of sp³-hybridized carbons (Fsp3) is 0.467. The number of carbonyl (C=O) groups is 1. The van der Waals surface area contributed by atoms with Crippen molar-refractivity contribution < 1.29 is 28.5 Å². The highest BCUT2D eigenvalue weighted by atomic mass is 35.5. The van der Waals surface area contributed by atoms with Gasteiger partial charge >= 0.3 is 0 Å². The lowest BCUT2D eigenvalue weighted by atomic mass is 10.1. The van der Waals surface area contributed by atoms with Crippen LogP contribution >= 0.6 is 11.6 Å². The zero-order chi connectivity index (χ0) is 30.0. The first-order chi connectivity index (χ1) is 20.5. The van der Waals surface area contributed by atoms with Crippen LogP contribution in [0.15, 0.2) is 47.5 Å². The molecule has 0 aliphatic rings. The second-order valence-electron chi connectivity index (χ2n) is 9.22. The maximum Gasteiger partial charge on any atom is 0.253 e. The minimum atomic E-state index is -0.123. The molecule has 0 bridgehead atoms. The third kappa shape index (κ3) is 12.3. The van der Waals surface area contributed by atoms with Crippen LogP contribution in [0.5, 0.6) is 5.75 Å². The van der Waals surface area contributed by atoms with Gasteiger partial charge in [0.25, 0.3) is 5.95 Å². The van der Waals surface area contributed by atoms with E-state index in [0.717, 1.165) is 23.8 Å². The van der Waals surface area contributed by atoms with Crippen molar-refractivity contribution in [2.45, 2.75) is 32.6 Å². The second kappa shape index (κ2) is 19.0. The van der Waals surface area contributed by atoms with E-state index >= 15 is 0 Å². The number of benzene rings is 2. The van der Waals surface area contributed by atoms with E-state index in [9.17, 15) is 4.79 Å². The van der Waals surface area contributed by atoms with Gasteiger partial charge in [-0.25, -0.2) is 9.97 Å². The number of ether oxygens (including phenoxy) is 5. The number of nitrogens with two attached hydrogens (primary N) is 2. The van der Waals surface area contributed by atoms with E-state index in [1.54, 1.807) is 12.1 Å². The Kier molecular flexibility index (Phi) is 15.0.